The van der Waals surface area contributed by atoms with Crippen molar-refractivity contribution in [3.05, 3.63) is 0 Å². The Bertz CT molecular complexity index is 137. The molecular weight excluding hydrogens is 176 g/mol. The van der Waals surface area contributed by atoms with Gasteiger partial charge in [0.1, 0.15) is 0 Å². The molecule has 1 aliphatic rings. The van der Waals surface area contributed by atoms with E-state index in [2.05, 4.69) is 0 Å². The Hall–Kier alpha value is -0.530. The molecule has 1 aliphatic carbocycles. The van der Waals surface area contributed by atoms with E-state index in [0.717, 1.165) is 0 Å². The molecule has 0 aromatic heterocycles. The maximum atomic E-state index is 11.1. The lowest BCUT2D eigenvalue weighted by Crippen LogP contribution is -2.14. The van der Waals surface area contributed by atoms with Crippen LogP contribution < -0.4 is 0 Å². The van der Waals surface area contributed by atoms with E-state index < -0.39 is 0 Å². The molecule has 0 aliphatic heterocycles. The summed E-state index contributed by atoms with van der Waals surface area (Å²) in [7, 11) is 0. The van der Waals surface area contributed by atoms with Gasteiger partial charge in [-0.25, -0.2) is 0 Å². The molecule has 1 rings (SSSR count). The molecule has 0 radical (unpaired) electrons. The lowest BCUT2D eigenvalue weighted by atomic mass is 9.87. The highest BCUT2D eigenvalue weighted by atomic mass is 16.5. The molecule has 2 nitrogen and oxygen atoms in total. The zero-order valence-electron chi connectivity index (χ0n) is 9.84. The van der Waals surface area contributed by atoms with Crippen LogP contribution in [0.25, 0.3) is 0 Å². The zero-order valence-corrected chi connectivity index (χ0v) is 9.84. The summed E-state index contributed by atoms with van der Waals surface area (Å²) in [6, 6.07) is 0. The fourth-order valence-electron chi connectivity index (χ4n) is 1.85. The number of hydrogen-bond donors (Lipinski definition) is 0. The number of esters is 1. The van der Waals surface area contributed by atoms with Crippen molar-refractivity contribution in [3.8, 4) is 0 Å². The summed E-state index contributed by atoms with van der Waals surface area (Å²) in [6.45, 7) is 6.38. The zero-order chi connectivity index (χ0) is 10.8. The first-order valence-corrected chi connectivity index (χ1v) is 5.98. The minimum atomic E-state index is -0.00981. The van der Waals surface area contributed by atoms with E-state index in [4.69, 9.17) is 4.74 Å². The third-order valence-electron chi connectivity index (χ3n) is 2.49. The molecular formula is C12H24O2. The van der Waals surface area contributed by atoms with Crippen molar-refractivity contribution in [2.24, 2.45) is 5.92 Å². The van der Waals surface area contributed by atoms with Crippen molar-refractivity contribution < 1.29 is 9.53 Å². The fraction of sp³-hybridized carbons (Fsp3) is 0.917. The van der Waals surface area contributed by atoms with Crippen molar-refractivity contribution in [2.45, 2.75) is 59.3 Å². The van der Waals surface area contributed by atoms with E-state index in [1.807, 2.05) is 20.8 Å². The largest absolute Gasteiger partial charge is 0.466 e. The number of rotatable bonds is 3. The van der Waals surface area contributed by atoms with Crippen LogP contribution in [0.4, 0.5) is 0 Å². The third kappa shape index (κ3) is 6.01. The molecule has 0 heterocycles. The van der Waals surface area contributed by atoms with Gasteiger partial charge in [-0.15, -0.1) is 0 Å². The quantitative estimate of drug-likeness (QED) is 0.651. The summed E-state index contributed by atoms with van der Waals surface area (Å²) in [5, 5.41) is 0. The SMILES string of the molecule is CC.CCOC(=O)CC1CCCCC1. The van der Waals surface area contributed by atoms with Crippen molar-refractivity contribution in [3.63, 3.8) is 0 Å². The van der Waals surface area contributed by atoms with Crippen LogP contribution in [-0.4, -0.2) is 12.6 Å². The Labute approximate surface area is 88.0 Å². The van der Waals surface area contributed by atoms with Crippen LogP contribution in [0.2, 0.25) is 0 Å². The Morgan fingerprint density at radius 2 is 1.79 bits per heavy atom. The van der Waals surface area contributed by atoms with Gasteiger partial charge in [-0.1, -0.05) is 33.1 Å². The molecule has 2 heteroatoms. The Morgan fingerprint density at radius 1 is 1.21 bits per heavy atom. The standard InChI is InChI=1S/C10H18O2.C2H6/c1-2-12-10(11)8-9-6-4-3-5-7-9;1-2/h9H,2-8H2,1H3;1-2H3. The molecule has 0 amide bonds. The van der Waals surface area contributed by atoms with Gasteiger partial charge in [0.05, 0.1) is 6.61 Å². The Kier molecular flexibility index (Phi) is 8.70. The van der Waals surface area contributed by atoms with Crippen molar-refractivity contribution >= 4 is 5.97 Å². The molecule has 84 valence electrons. The normalized spacial score (nSPS) is 16.8. The number of ether oxygens (including phenoxy) is 1. The van der Waals surface area contributed by atoms with Crippen molar-refractivity contribution in [1.82, 2.24) is 0 Å². The van der Waals surface area contributed by atoms with Gasteiger partial charge in [0.2, 0.25) is 0 Å². The lowest BCUT2D eigenvalue weighted by molar-refractivity contribution is -0.144. The average molecular weight is 200 g/mol. The summed E-state index contributed by atoms with van der Waals surface area (Å²) in [5.41, 5.74) is 0. The molecule has 0 unspecified atom stereocenters. The van der Waals surface area contributed by atoms with Gasteiger partial charge in [-0.2, -0.15) is 0 Å². The van der Waals surface area contributed by atoms with E-state index in [1.54, 1.807) is 0 Å². The van der Waals surface area contributed by atoms with E-state index >= 15 is 0 Å². The predicted octanol–water partition coefficient (Wildman–Crippen LogP) is 3.55. The van der Waals surface area contributed by atoms with Gasteiger partial charge in [0.25, 0.3) is 0 Å². The van der Waals surface area contributed by atoms with E-state index in [9.17, 15) is 4.79 Å². The van der Waals surface area contributed by atoms with Crippen molar-refractivity contribution in [1.29, 1.82) is 0 Å². The topological polar surface area (TPSA) is 26.3 Å². The minimum Gasteiger partial charge on any atom is -0.466 e. The Balaban J connectivity index is 0.000000791. The third-order valence-corrected chi connectivity index (χ3v) is 2.49. The molecule has 0 bridgehead atoms. The molecule has 0 saturated heterocycles. The fourth-order valence-corrected chi connectivity index (χ4v) is 1.85. The first-order chi connectivity index (χ1) is 6.83. The molecule has 0 spiro atoms. The van der Waals surface area contributed by atoms with Crippen LogP contribution in [0, 0.1) is 5.92 Å². The van der Waals surface area contributed by atoms with E-state index in [1.165, 1.54) is 32.1 Å². The summed E-state index contributed by atoms with van der Waals surface area (Å²) in [6.07, 6.45) is 7.03. The molecule has 0 N–H and O–H groups in total. The predicted molar refractivity (Wildman–Crippen MR) is 59.2 cm³/mol. The highest BCUT2D eigenvalue weighted by Crippen LogP contribution is 2.26. The smallest absolute Gasteiger partial charge is 0.306 e. The summed E-state index contributed by atoms with van der Waals surface area (Å²) < 4.78 is 4.91. The van der Waals surface area contributed by atoms with Gasteiger partial charge < -0.3 is 4.74 Å². The summed E-state index contributed by atoms with van der Waals surface area (Å²) >= 11 is 0. The van der Waals surface area contributed by atoms with Crippen molar-refractivity contribution in [2.75, 3.05) is 6.61 Å². The van der Waals surface area contributed by atoms with Gasteiger partial charge >= 0.3 is 5.97 Å². The maximum Gasteiger partial charge on any atom is 0.306 e. The second-order valence-corrected chi connectivity index (χ2v) is 3.51. The van der Waals surface area contributed by atoms with Crippen LogP contribution in [0.1, 0.15) is 59.3 Å². The molecule has 1 fully saturated rings. The van der Waals surface area contributed by atoms with E-state index in [-0.39, 0.29) is 5.97 Å². The lowest BCUT2D eigenvalue weighted by Gasteiger charge is -2.20. The monoisotopic (exact) mass is 200 g/mol. The van der Waals surface area contributed by atoms with E-state index in [0.29, 0.717) is 18.9 Å². The van der Waals surface area contributed by atoms with Gasteiger partial charge in [0.15, 0.2) is 0 Å². The average Bonchev–Trinajstić information content (AvgIpc) is 2.22. The first-order valence-electron chi connectivity index (χ1n) is 5.98. The summed E-state index contributed by atoms with van der Waals surface area (Å²) in [5.74, 6) is 0.599. The maximum absolute atomic E-state index is 11.1. The molecule has 14 heavy (non-hydrogen) atoms. The van der Waals surface area contributed by atoms with Crippen LogP contribution >= 0.6 is 0 Å². The minimum absolute atomic E-state index is 0.00981. The van der Waals surface area contributed by atoms with Crippen LogP contribution in [0.5, 0.6) is 0 Å². The number of hydrogen-bond acceptors (Lipinski definition) is 2. The highest BCUT2D eigenvalue weighted by molar-refractivity contribution is 5.69. The number of carbonyl (C=O) groups is 1. The van der Waals surface area contributed by atoms with Gasteiger partial charge in [-0.05, 0) is 25.7 Å². The number of carbonyl (C=O) groups excluding carboxylic acids is 1. The Morgan fingerprint density at radius 3 is 2.29 bits per heavy atom. The van der Waals surface area contributed by atoms with Crippen LogP contribution in [0.3, 0.4) is 0 Å². The van der Waals surface area contributed by atoms with Gasteiger partial charge in [0, 0.05) is 6.42 Å². The van der Waals surface area contributed by atoms with Crippen LogP contribution in [-0.2, 0) is 9.53 Å². The molecule has 0 aromatic carbocycles. The molecule has 1 saturated carbocycles. The van der Waals surface area contributed by atoms with Crippen LogP contribution in [0.15, 0.2) is 0 Å². The summed E-state index contributed by atoms with van der Waals surface area (Å²) in [4.78, 5) is 11.1. The molecule has 0 atom stereocenters. The molecule has 0 aromatic rings. The second kappa shape index (κ2) is 9.04. The second-order valence-electron chi connectivity index (χ2n) is 3.51. The van der Waals surface area contributed by atoms with Gasteiger partial charge in [-0.3, -0.25) is 4.79 Å². The highest BCUT2D eigenvalue weighted by Gasteiger charge is 2.17. The first kappa shape index (κ1) is 13.5.